The lowest BCUT2D eigenvalue weighted by molar-refractivity contribution is 0.588. The first-order chi connectivity index (χ1) is 11.7. The zero-order valence-electron chi connectivity index (χ0n) is 13.5. The SMILES string of the molecule is NCc1c(NCc2cccc(Cl)c2F)cccc1N1CCNCC1. The summed E-state index contributed by atoms with van der Waals surface area (Å²) in [5.74, 6) is -0.376. The minimum atomic E-state index is -0.376. The van der Waals surface area contributed by atoms with Gasteiger partial charge in [-0.25, -0.2) is 4.39 Å². The van der Waals surface area contributed by atoms with Crippen LogP contribution in [0.1, 0.15) is 11.1 Å². The number of hydrogen-bond acceptors (Lipinski definition) is 4. The summed E-state index contributed by atoms with van der Waals surface area (Å²) in [7, 11) is 0. The predicted molar refractivity (Wildman–Crippen MR) is 98.2 cm³/mol. The Balaban J connectivity index is 1.81. The van der Waals surface area contributed by atoms with Crippen LogP contribution in [0.3, 0.4) is 0 Å². The molecule has 4 nitrogen and oxygen atoms in total. The Morgan fingerprint density at radius 3 is 2.67 bits per heavy atom. The van der Waals surface area contributed by atoms with Gasteiger partial charge in [0.15, 0.2) is 0 Å². The number of hydrogen-bond donors (Lipinski definition) is 3. The molecule has 24 heavy (non-hydrogen) atoms. The molecule has 0 amide bonds. The Labute approximate surface area is 146 Å². The smallest absolute Gasteiger partial charge is 0.146 e. The second-order valence-corrected chi connectivity index (χ2v) is 6.22. The van der Waals surface area contributed by atoms with Crippen LogP contribution in [0.25, 0.3) is 0 Å². The summed E-state index contributed by atoms with van der Waals surface area (Å²) in [6.45, 7) is 4.65. The Hall–Kier alpha value is -1.82. The summed E-state index contributed by atoms with van der Waals surface area (Å²) in [5, 5.41) is 6.80. The van der Waals surface area contributed by atoms with E-state index in [9.17, 15) is 4.39 Å². The average molecular weight is 349 g/mol. The van der Waals surface area contributed by atoms with Crippen molar-refractivity contribution in [3.05, 3.63) is 58.4 Å². The molecule has 1 saturated heterocycles. The molecule has 4 N–H and O–H groups in total. The van der Waals surface area contributed by atoms with Crippen LogP contribution in [-0.4, -0.2) is 26.2 Å². The van der Waals surface area contributed by atoms with E-state index in [1.54, 1.807) is 18.2 Å². The number of anilines is 2. The summed E-state index contributed by atoms with van der Waals surface area (Å²) in [4.78, 5) is 2.34. The van der Waals surface area contributed by atoms with Crippen LogP contribution in [-0.2, 0) is 13.1 Å². The third-order valence-electron chi connectivity index (χ3n) is 4.31. The maximum absolute atomic E-state index is 14.0. The third-order valence-corrected chi connectivity index (χ3v) is 4.61. The van der Waals surface area contributed by atoms with Gasteiger partial charge < -0.3 is 21.3 Å². The number of nitrogens with two attached hydrogens (primary N) is 1. The van der Waals surface area contributed by atoms with Gasteiger partial charge in [-0.3, -0.25) is 0 Å². The third kappa shape index (κ3) is 3.64. The zero-order valence-corrected chi connectivity index (χ0v) is 14.2. The number of benzene rings is 2. The molecule has 0 bridgehead atoms. The first kappa shape index (κ1) is 17.0. The summed E-state index contributed by atoms with van der Waals surface area (Å²) in [6.07, 6.45) is 0. The first-order valence-electron chi connectivity index (χ1n) is 8.15. The molecule has 0 unspecified atom stereocenters. The summed E-state index contributed by atoms with van der Waals surface area (Å²) in [6, 6.07) is 11.1. The Morgan fingerprint density at radius 2 is 1.92 bits per heavy atom. The molecule has 3 rings (SSSR count). The molecule has 0 aliphatic carbocycles. The van der Waals surface area contributed by atoms with E-state index >= 15 is 0 Å². The van der Waals surface area contributed by atoms with Gasteiger partial charge in [0, 0.05) is 61.8 Å². The van der Waals surface area contributed by atoms with Gasteiger partial charge in [0.1, 0.15) is 5.82 Å². The number of rotatable bonds is 5. The highest BCUT2D eigenvalue weighted by atomic mass is 35.5. The van der Waals surface area contributed by atoms with Crippen LogP contribution < -0.4 is 21.3 Å². The van der Waals surface area contributed by atoms with Crippen LogP contribution in [0, 0.1) is 5.82 Å². The Kier molecular flexibility index (Phi) is 5.56. The fraction of sp³-hybridized carbons (Fsp3) is 0.333. The quantitative estimate of drug-likeness (QED) is 0.777. The second kappa shape index (κ2) is 7.83. The monoisotopic (exact) mass is 348 g/mol. The van der Waals surface area contributed by atoms with Gasteiger partial charge in [-0.1, -0.05) is 29.8 Å². The van der Waals surface area contributed by atoms with Gasteiger partial charge in [-0.2, -0.15) is 0 Å². The zero-order chi connectivity index (χ0) is 16.9. The molecule has 1 aliphatic rings. The molecule has 128 valence electrons. The van der Waals surface area contributed by atoms with Crippen molar-refractivity contribution in [1.82, 2.24) is 5.32 Å². The highest BCUT2D eigenvalue weighted by Gasteiger charge is 2.16. The molecule has 0 spiro atoms. The van der Waals surface area contributed by atoms with E-state index < -0.39 is 0 Å². The van der Waals surface area contributed by atoms with Gasteiger partial charge in [0.25, 0.3) is 0 Å². The van der Waals surface area contributed by atoms with Gasteiger partial charge in [-0.05, 0) is 18.2 Å². The van der Waals surface area contributed by atoms with E-state index in [-0.39, 0.29) is 10.8 Å². The Morgan fingerprint density at radius 1 is 1.17 bits per heavy atom. The predicted octanol–water partition coefficient (Wildman–Crippen LogP) is 2.96. The van der Waals surface area contributed by atoms with Gasteiger partial charge in [-0.15, -0.1) is 0 Å². The molecular weight excluding hydrogens is 327 g/mol. The van der Waals surface area contributed by atoms with Crippen molar-refractivity contribution in [3.63, 3.8) is 0 Å². The van der Waals surface area contributed by atoms with Gasteiger partial charge in [0.2, 0.25) is 0 Å². The van der Waals surface area contributed by atoms with E-state index in [2.05, 4.69) is 21.6 Å². The van der Waals surface area contributed by atoms with E-state index in [1.165, 1.54) is 0 Å². The van der Waals surface area contributed by atoms with E-state index in [4.69, 9.17) is 17.3 Å². The van der Waals surface area contributed by atoms with Crippen molar-refractivity contribution in [2.45, 2.75) is 13.1 Å². The maximum atomic E-state index is 14.0. The summed E-state index contributed by atoms with van der Waals surface area (Å²) >= 11 is 5.85. The summed E-state index contributed by atoms with van der Waals surface area (Å²) in [5.41, 5.74) is 9.69. The highest BCUT2D eigenvalue weighted by Crippen LogP contribution is 2.28. The van der Waals surface area contributed by atoms with Crippen molar-refractivity contribution in [3.8, 4) is 0 Å². The topological polar surface area (TPSA) is 53.3 Å². The second-order valence-electron chi connectivity index (χ2n) is 5.81. The lowest BCUT2D eigenvalue weighted by Crippen LogP contribution is -2.44. The number of nitrogens with one attached hydrogen (secondary N) is 2. The normalized spacial score (nSPS) is 14.7. The molecule has 0 aromatic heterocycles. The van der Waals surface area contributed by atoms with Crippen LogP contribution in [0.5, 0.6) is 0 Å². The first-order valence-corrected chi connectivity index (χ1v) is 8.53. The molecule has 0 atom stereocenters. The molecule has 2 aromatic carbocycles. The highest BCUT2D eigenvalue weighted by molar-refractivity contribution is 6.30. The largest absolute Gasteiger partial charge is 0.381 e. The lowest BCUT2D eigenvalue weighted by Gasteiger charge is -2.32. The van der Waals surface area contributed by atoms with Crippen LogP contribution in [0.15, 0.2) is 36.4 Å². The molecule has 0 saturated carbocycles. The van der Waals surface area contributed by atoms with Crippen LogP contribution in [0.4, 0.5) is 15.8 Å². The molecule has 1 heterocycles. The van der Waals surface area contributed by atoms with E-state index in [1.807, 2.05) is 12.1 Å². The number of nitrogens with zero attached hydrogens (tertiary/aromatic N) is 1. The van der Waals surface area contributed by atoms with E-state index in [0.717, 1.165) is 43.1 Å². The summed E-state index contributed by atoms with van der Waals surface area (Å²) < 4.78 is 14.0. The van der Waals surface area contributed by atoms with E-state index in [0.29, 0.717) is 18.7 Å². The van der Waals surface area contributed by atoms with Gasteiger partial charge in [0.05, 0.1) is 5.02 Å². The van der Waals surface area contributed by atoms with Crippen LogP contribution >= 0.6 is 11.6 Å². The molecular formula is C18H22ClFN4. The molecule has 2 aromatic rings. The fourth-order valence-electron chi connectivity index (χ4n) is 3.03. The minimum Gasteiger partial charge on any atom is -0.381 e. The Bertz CT molecular complexity index is 701. The molecule has 0 radical (unpaired) electrons. The van der Waals surface area contributed by atoms with Crippen LogP contribution in [0.2, 0.25) is 5.02 Å². The molecule has 1 fully saturated rings. The van der Waals surface area contributed by atoms with Crippen molar-refractivity contribution in [1.29, 1.82) is 0 Å². The maximum Gasteiger partial charge on any atom is 0.146 e. The lowest BCUT2D eigenvalue weighted by atomic mass is 10.1. The van der Waals surface area contributed by atoms with Crippen molar-refractivity contribution in [2.24, 2.45) is 5.73 Å². The fourth-order valence-corrected chi connectivity index (χ4v) is 3.23. The molecule has 1 aliphatic heterocycles. The standard InChI is InChI=1S/C18H22ClFN4/c19-15-4-1-3-13(18(15)20)12-23-16-5-2-6-17(14(16)11-21)24-9-7-22-8-10-24/h1-6,22-23H,7-12,21H2. The van der Waals surface area contributed by atoms with Crippen molar-refractivity contribution >= 4 is 23.0 Å². The van der Waals surface area contributed by atoms with Crippen molar-refractivity contribution < 1.29 is 4.39 Å². The minimum absolute atomic E-state index is 0.142. The number of halogens is 2. The number of piperazine rings is 1. The molecule has 6 heteroatoms. The average Bonchev–Trinajstić information content (AvgIpc) is 2.63. The van der Waals surface area contributed by atoms with Gasteiger partial charge >= 0.3 is 0 Å². The van der Waals surface area contributed by atoms with Crippen molar-refractivity contribution in [2.75, 3.05) is 36.4 Å².